The molecular weight excluding hydrogens is 462 g/mol. The molecule has 1 N–H and O–H groups in total. The fourth-order valence-electron chi connectivity index (χ4n) is 3.09. The molecule has 1 amide bonds. The molecule has 0 radical (unpaired) electrons. The van der Waals surface area contributed by atoms with Crippen molar-refractivity contribution >= 4 is 39.4 Å². The maximum absolute atomic E-state index is 12.5. The number of nitrogens with one attached hydrogen (secondary N) is 1. The van der Waals surface area contributed by atoms with E-state index in [0.29, 0.717) is 23.1 Å². The number of rotatable bonds is 9. The Labute approximate surface area is 198 Å². The SMILES string of the molecule is C[C@H](C(=O)N/N=C\c1ccc(OCc2cccc(Cl)c2)cc1)N(c1ccccc1)S(C)(=O)=O. The van der Waals surface area contributed by atoms with Gasteiger partial charge in [-0.25, -0.2) is 13.8 Å². The van der Waals surface area contributed by atoms with Crippen LogP contribution in [-0.2, 0) is 21.4 Å². The van der Waals surface area contributed by atoms with Crippen LogP contribution in [0.15, 0.2) is 84.0 Å². The maximum atomic E-state index is 12.5. The predicted octanol–water partition coefficient (Wildman–Crippen LogP) is 4.22. The van der Waals surface area contributed by atoms with Gasteiger partial charge in [0.2, 0.25) is 10.0 Å². The number of hydrogen-bond acceptors (Lipinski definition) is 5. The molecule has 0 aliphatic carbocycles. The van der Waals surface area contributed by atoms with Gasteiger partial charge in [0.25, 0.3) is 5.91 Å². The highest BCUT2D eigenvalue weighted by atomic mass is 35.5. The predicted molar refractivity (Wildman–Crippen MR) is 131 cm³/mol. The third-order valence-electron chi connectivity index (χ3n) is 4.66. The Morgan fingerprint density at radius 3 is 2.42 bits per heavy atom. The van der Waals surface area contributed by atoms with Crippen molar-refractivity contribution in [3.8, 4) is 5.75 Å². The molecular formula is C24H24ClN3O4S. The highest BCUT2D eigenvalue weighted by Crippen LogP contribution is 2.20. The Bertz CT molecular complexity index is 1220. The summed E-state index contributed by atoms with van der Waals surface area (Å²) in [5, 5.41) is 4.61. The number of amides is 1. The second-order valence-electron chi connectivity index (χ2n) is 7.29. The number of para-hydroxylation sites is 1. The van der Waals surface area contributed by atoms with E-state index in [-0.39, 0.29) is 0 Å². The summed E-state index contributed by atoms with van der Waals surface area (Å²) < 4.78 is 31.3. The summed E-state index contributed by atoms with van der Waals surface area (Å²) in [7, 11) is -3.67. The minimum Gasteiger partial charge on any atom is -0.489 e. The molecule has 3 aromatic carbocycles. The molecule has 0 saturated carbocycles. The zero-order valence-corrected chi connectivity index (χ0v) is 19.8. The molecule has 0 heterocycles. The van der Waals surface area contributed by atoms with Crippen molar-refractivity contribution in [3.05, 3.63) is 95.0 Å². The van der Waals surface area contributed by atoms with E-state index in [0.717, 1.165) is 21.7 Å². The first-order chi connectivity index (χ1) is 15.7. The molecule has 3 aromatic rings. The van der Waals surface area contributed by atoms with E-state index in [4.69, 9.17) is 16.3 Å². The van der Waals surface area contributed by atoms with Crippen molar-refractivity contribution in [2.24, 2.45) is 5.10 Å². The Balaban J connectivity index is 1.58. The summed E-state index contributed by atoms with van der Waals surface area (Å²) in [4.78, 5) is 12.5. The number of benzene rings is 3. The van der Waals surface area contributed by atoms with Crippen LogP contribution in [-0.4, -0.2) is 32.8 Å². The van der Waals surface area contributed by atoms with Crippen molar-refractivity contribution in [2.45, 2.75) is 19.6 Å². The van der Waals surface area contributed by atoms with Crippen LogP contribution < -0.4 is 14.5 Å². The lowest BCUT2D eigenvalue weighted by atomic mass is 10.2. The summed E-state index contributed by atoms with van der Waals surface area (Å²) in [6.45, 7) is 1.89. The highest BCUT2D eigenvalue weighted by Gasteiger charge is 2.28. The van der Waals surface area contributed by atoms with Crippen molar-refractivity contribution in [2.75, 3.05) is 10.6 Å². The van der Waals surface area contributed by atoms with E-state index in [9.17, 15) is 13.2 Å². The van der Waals surface area contributed by atoms with Crippen molar-refractivity contribution in [3.63, 3.8) is 0 Å². The van der Waals surface area contributed by atoms with Crippen molar-refractivity contribution < 1.29 is 17.9 Å². The Kier molecular flexibility index (Phi) is 8.08. The number of halogens is 1. The molecule has 0 aromatic heterocycles. The number of hydrazone groups is 1. The molecule has 0 fully saturated rings. The molecule has 1 atom stereocenters. The number of carbonyl (C=O) groups excluding carboxylic acids is 1. The summed E-state index contributed by atoms with van der Waals surface area (Å²) >= 11 is 5.98. The zero-order chi connectivity index (χ0) is 23.8. The first-order valence-corrected chi connectivity index (χ1v) is 12.3. The van der Waals surface area contributed by atoms with Gasteiger partial charge in [0.15, 0.2) is 0 Å². The second kappa shape index (κ2) is 11.0. The van der Waals surface area contributed by atoms with Crippen LogP contribution in [0, 0.1) is 0 Å². The minimum absolute atomic E-state index is 0.389. The maximum Gasteiger partial charge on any atom is 0.263 e. The zero-order valence-electron chi connectivity index (χ0n) is 18.2. The Hall–Kier alpha value is -3.36. The Morgan fingerprint density at radius 1 is 1.09 bits per heavy atom. The average molecular weight is 486 g/mol. The third kappa shape index (κ3) is 7.06. The molecule has 0 saturated heterocycles. The van der Waals surface area contributed by atoms with Gasteiger partial charge in [-0.3, -0.25) is 9.10 Å². The first-order valence-electron chi connectivity index (χ1n) is 10.1. The molecule has 33 heavy (non-hydrogen) atoms. The fourth-order valence-corrected chi connectivity index (χ4v) is 4.48. The summed E-state index contributed by atoms with van der Waals surface area (Å²) in [5.41, 5.74) is 4.50. The number of anilines is 1. The van der Waals surface area contributed by atoms with Crippen molar-refractivity contribution in [1.29, 1.82) is 0 Å². The van der Waals surface area contributed by atoms with E-state index in [1.165, 1.54) is 13.1 Å². The van der Waals surface area contributed by atoms with Crippen LogP contribution in [0.25, 0.3) is 0 Å². The van der Waals surface area contributed by atoms with Crippen LogP contribution >= 0.6 is 11.6 Å². The van der Waals surface area contributed by atoms with Crippen LogP contribution in [0.2, 0.25) is 5.02 Å². The molecule has 172 valence electrons. The van der Waals surface area contributed by atoms with Crippen LogP contribution in [0.1, 0.15) is 18.1 Å². The normalized spacial score (nSPS) is 12.3. The molecule has 3 rings (SSSR count). The number of ether oxygens (including phenoxy) is 1. The molecule has 0 aliphatic heterocycles. The molecule has 7 nitrogen and oxygen atoms in total. The largest absolute Gasteiger partial charge is 0.489 e. The lowest BCUT2D eigenvalue weighted by Gasteiger charge is -2.27. The van der Waals surface area contributed by atoms with Gasteiger partial charge in [0.05, 0.1) is 18.2 Å². The van der Waals surface area contributed by atoms with Gasteiger partial charge < -0.3 is 4.74 Å². The van der Waals surface area contributed by atoms with Crippen LogP contribution in [0.5, 0.6) is 5.75 Å². The molecule has 0 aliphatic rings. The van der Waals surface area contributed by atoms with E-state index < -0.39 is 22.0 Å². The summed E-state index contributed by atoms with van der Waals surface area (Å²) in [6.07, 6.45) is 2.53. The second-order valence-corrected chi connectivity index (χ2v) is 9.59. The van der Waals surface area contributed by atoms with Gasteiger partial charge in [-0.05, 0) is 66.6 Å². The highest BCUT2D eigenvalue weighted by molar-refractivity contribution is 7.92. The van der Waals surface area contributed by atoms with E-state index >= 15 is 0 Å². The monoisotopic (exact) mass is 485 g/mol. The lowest BCUT2D eigenvalue weighted by molar-refractivity contribution is -0.121. The van der Waals surface area contributed by atoms with E-state index in [2.05, 4.69) is 10.5 Å². The van der Waals surface area contributed by atoms with Gasteiger partial charge in [-0.1, -0.05) is 41.9 Å². The number of nitrogens with zero attached hydrogens (tertiary/aromatic N) is 2. The van der Waals surface area contributed by atoms with Gasteiger partial charge in [0.1, 0.15) is 18.4 Å². The third-order valence-corrected chi connectivity index (χ3v) is 6.14. The van der Waals surface area contributed by atoms with E-state index in [1.54, 1.807) is 60.7 Å². The average Bonchev–Trinajstić information content (AvgIpc) is 2.78. The van der Waals surface area contributed by atoms with Crippen LogP contribution in [0.3, 0.4) is 0 Å². The molecule has 0 unspecified atom stereocenters. The summed E-state index contributed by atoms with van der Waals surface area (Å²) in [5.74, 6) is 0.124. The van der Waals surface area contributed by atoms with E-state index in [1.807, 2.05) is 18.2 Å². The number of sulfonamides is 1. The van der Waals surface area contributed by atoms with Gasteiger partial charge in [-0.15, -0.1) is 0 Å². The molecule has 0 spiro atoms. The quantitative estimate of drug-likeness (QED) is 0.363. The van der Waals surface area contributed by atoms with Gasteiger partial charge in [0, 0.05) is 5.02 Å². The topological polar surface area (TPSA) is 88.1 Å². The number of carbonyl (C=O) groups is 1. The smallest absolute Gasteiger partial charge is 0.263 e. The standard InChI is InChI=1S/C24H24ClN3O4S/c1-18(28(33(2,30)31)22-9-4-3-5-10-22)24(29)27-26-16-19-11-13-23(14-12-19)32-17-20-7-6-8-21(25)15-20/h3-16,18H,17H2,1-2H3,(H,27,29)/b26-16-/t18-/m1/s1. The Morgan fingerprint density at radius 2 is 1.79 bits per heavy atom. The fraction of sp³-hybridized carbons (Fsp3) is 0.167. The number of hydrogen-bond donors (Lipinski definition) is 1. The van der Waals surface area contributed by atoms with Gasteiger partial charge in [-0.2, -0.15) is 5.10 Å². The molecule has 9 heteroatoms. The van der Waals surface area contributed by atoms with Gasteiger partial charge >= 0.3 is 0 Å². The lowest BCUT2D eigenvalue weighted by Crippen LogP contribution is -2.46. The molecule has 0 bridgehead atoms. The summed E-state index contributed by atoms with van der Waals surface area (Å²) in [6, 6.07) is 22.1. The minimum atomic E-state index is -3.67. The first kappa shape index (κ1) is 24.3. The van der Waals surface area contributed by atoms with Crippen LogP contribution in [0.4, 0.5) is 5.69 Å². The van der Waals surface area contributed by atoms with Crippen molar-refractivity contribution in [1.82, 2.24) is 5.43 Å².